The summed E-state index contributed by atoms with van der Waals surface area (Å²) < 4.78 is 6.04. The Balaban J connectivity index is 1.37. The van der Waals surface area contributed by atoms with Gasteiger partial charge in [-0.1, -0.05) is 13.0 Å². The number of ether oxygens (including phenoxy) is 1. The third-order valence-corrected chi connectivity index (χ3v) is 7.79. The van der Waals surface area contributed by atoms with Crippen LogP contribution in [0.1, 0.15) is 66.4 Å². The predicted octanol–water partition coefficient (Wildman–Crippen LogP) is 4.87. The third-order valence-electron chi connectivity index (χ3n) is 7.79. The van der Waals surface area contributed by atoms with E-state index in [1.54, 1.807) is 24.5 Å². The van der Waals surface area contributed by atoms with E-state index in [1.165, 1.54) is 17.5 Å². The number of aromatic hydroxyl groups is 1. The van der Waals surface area contributed by atoms with Crippen molar-refractivity contribution in [2.24, 2.45) is 17.3 Å². The average molecular weight is 377 g/mol. The summed E-state index contributed by atoms with van der Waals surface area (Å²) in [5, 5.41) is 9.84. The molecule has 1 aromatic heterocycles. The molecule has 2 saturated carbocycles. The summed E-state index contributed by atoms with van der Waals surface area (Å²) in [5.41, 5.74) is 3.41. The van der Waals surface area contributed by atoms with E-state index in [2.05, 4.69) is 18.0 Å². The van der Waals surface area contributed by atoms with E-state index in [9.17, 15) is 9.90 Å². The van der Waals surface area contributed by atoms with E-state index in [-0.39, 0.29) is 17.5 Å². The second kappa shape index (κ2) is 6.61. The van der Waals surface area contributed by atoms with Gasteiger partial charge in [0.2, 0.25) is 0 Å². The van der Waals surface area contributed by atoms with Crippen LogP contribution in [-0.2, 0) is 11.2 Å². The quantitative estimate of drug-likeness (QED) is 0.759. The molecular formula is C24H27NO3. The molecule has 0 amide bonds. The molecule has 3 aliphatic rings. The first-order valence-corrected chi connectivity index (χ1v) is 10.5. The van der Waals surface area contributed by atoms with Crippen molar-refractivity contribution in [2.45, 2.75) is 57.5 Å². The molecule has 0 radical (unpaired) electrons. The maximum Gasteiger partial charge on any atom is 0.338 e. The smallest absolute Gasteiger partial charge is 0.338 e. The second-order valence-corrected chi connectivity index (χ2v) is 9.05. The molecule has 3 aliphatic carbocycles. The highest BCUT2D eigenvalue weighted by Crippen LogP contribution is 2.61. The lowest BCUT2D eigenvalue weighted by Gasteiger charge is -2.50. The minimum absolute atomic E-state index is 0.000306. The Morgan fingerprint density at radius 1 is 1.14 bits per heavy atom. The topological polar surface area (TPSA) is 59.4 Å². The number of aryl methyl sites for hydroxylation is 1. The van der Waals surface area contributed by atoms with Gasteiger partial charge in [0, 0.05) is 17.8 Å². The molecule has 146 valence electrons. The van der Waals surface area contributed by atoms with Crippen LogP contribution in [0.25, 0.3) is 0 Å². The van der Waals surface area contributed by atoms with Gasteiger partial charge >= 0.3 is 5.97 Å². The van der Waals surface area contributed by atoms with Gasteiger partial charge in [-0.05, 0) is 91.7 Å². The zero-order valence-electron chi connectivity index (χ0n) is 16.3. The van der Waals surface area contributed by atoms with Gasteiger partial charge in [-0.2, -0.15) is 0 Å². The Morgan fingerprint density at radius 2 is 1.96 bits per heavy atom. The van der Waals surface area contributed by atoms with Crippen LogP contribution >= 0.6 is 0 Å². The van der Waals surface area contributed by atoms with Gasteiger partial charge in [-0.3, -0.25) is 4.98 Å². The molecule has 4 heteroatoms. The number of hydrogen-bond acceptors (Lipinski definition) is 4. The standard InChI is InChI=1S/C24H27NO3/c1-24-11-8-19-18-5-3-17(26)14-16(18)2-4-20(19)21(24)6-7-22(24)28-23(27)15-9-12-25-13-10-15/h3,5,9-10,12-14,19-22,26H,2,4,6-8,11H2,1H3/t19-,20-,21+,22+,24+/m1/s1. The fourth-order valence-corrected chi connectivity index (χ4v) is 6.40. The Kier molecular flexibility index (Phi) is 4.18. The second-order valence-electron chi connectivity index (χ2n) is 9.05. The fraction of sp³-hybridized carbons (Fsp3) is 0.500. The van der Waals surface area contributed by atoms with Gasteiger partial charge in [0.1, 0.15) is 11.9 Å². The Bertz CT molecular complexity index is 896. The normalized spacial score (nSPS) is 33.5. The number of rotatable bonds is 2. The highest BCUT2D eigenvalue weighted by Gasteiger charge is 2.56. The molecule has 5 atom stereocenters. The van der Waals surface area contributed by atoms with Crippen LogP contribution in [0, 0.1) is 17.3 Å². The summed E-state index contributed by atoms with van der Waals surface area (Å²) in [6, 6.07) is 9.37. The van der Waals surface area contributed by atoms with Crippen LogP contribution in [0.4, 0.5) is 0 Å². The van der Waals surface area contributed by atoms with Crippen molar-refractivity contribution >= 4 is 5.97 Å². The summed E-state index contributed by atoms with van der Waals surface area (Å²) in [7, 11) is 0. The number of pyridine rings is 1. The van der Waals surface area contributed by atoms with Crippen molar-refractivity contribution in [3.8, 4) is 5.75 Å². The lowest BCUT2D eigenvalue weighted by Crippen LogP contribution is -2.45. The van der Waals surface area contributed by atoms with Crippen LogP contribution in [0.2, 0.25) is 0 Å². The molecule has 0 spiro atoms. The average Bonchev–Trinajstić information content (AvgIpc) is 3.04. The molecule has 0 aliphatic heterocycles. The number of hydrogen-bond donors (Lipinski definition) is 1. The summed E-state index contributed by atoms with van der Waals surface area (Å²) in [5.74, 6) is 1.99. The number of esters is 1. The zero-order chi connectivity index (χ0) is 19.3. The molecule has 2 fully saturated rings. The Morgan fingerprint density at radius 3 is 2.79 bits per heavy atom. The molecule has 0 bridgehead atoms. The number of phenolic OH excluding ortho intramolecular Hbond substituents is 1. The molecule has 0 unspecified atom stereocenters. The van der Waals surface area contributed by atoms with E-state index in [0.29, 0.717) is 29.1 Å². The summed E-state index contributed by atoms with van der Waals surface area (Å²) >= 11 is 0. The van der Waals surface area contributed by atoms with E-state index >= 15 is 0 Å². The number of phenols is 1. The van der Waals surface area contributed by atoms with Crippen molar-refractivity contribution in [1.29, 1.82) is 0 Å². The van der Waals surface area contributed by atoms with E-state index in [4.69, 9.17) is 4.74 Å². The fourth-order valence-electron chi connectivity index (χ4n) is 6.40. The minimum Gasteiger partial charge on any atom is -0.508 e. The van der Waals surface area contributed by atoms with Crippen LogP contribution in [-0.4, -0.2) is 22.2 Å². The number of nitrogens with zero attached hydrogens (tertiary/aromatic N) is 1. The highest BCUT2D eigenvalue weighted by molar-refractivity contribution is 5.89. The van der Waals surface area contributed by atoms with Crippen molar-refractivity contribution < 1.29 is 14.6 Å². The van der Waals surface area contributed by atoms with E-state index in [1.807, 2.05) is 12.1 Å². The lowest BCUT2D eigenvalue weighted by atomic mass is 9.55. The van der Waals surface area contributed by atoms with Gasteiger partial charge in [-0.25, -0.2) is 4.79 Å². The molecular weight excluding hydrogens is 350 g/mol. The Labute approximate surface area is 166 Å². The first-order valence-electron chi connectivity index (χ1n) is 10.5. The largest absolute Gasteiger partial charge is 0.508 e. The first-order chi connectivity index (χ1) is 13.6. The van der Waals surface area contributed by atoms with Gasteiger partial charge in [-0.15, -0.1) is 0 Å². The maximum absolute atomic E-state index is 12.6. The number of benzene rings is 1. The Hall–Kier alpha value is -2.36. The van der Waals surface area contributed by atoms with Gasteiger partial charge in [0.05, 0.1) is 5.56 Å². The highest BCUT2D eigenvalue weighted by atomic mass is 16.5. The molecule has 0 saturated heterocycles. The van der Waals surface area contributed by atoms with E-state index in [0.717, 1.165) is 32.1 Å². The molecule has 1 N–H and O–H groups in total. The van der Waals surface area contributed by atoms with Crippen molar-refractivity contribution in [2.75, 3.05) is 0 Å². The molecule has 2 aromatic rings. The number of carbonyl (C=O) groups is 1. The van der Waals surface area contributed by atoms with Crippen LogP contribution in [0.5, 0.6) is 5.75 Å². The molecule has 4 nitrogen and oxygen atoms in total. The third kappa shape index (κ3) is 2.73. The van der Waals surface area contributed by atoms with Crippen molar-refractivity contribution in [3.63, 3.8) is 0 Å². The summed E-state index contributed by atoms with van der Waals surface area (Å²) in [6.45, 7) is 2.34. The minimum atomic E-state index is -0.221. The van der Waals surface area contributed by atoms with Gasteiger partial charge < -0.3 is 9.84 Å². The zero-order valence-corrected chi connectivity index (χ0v) is 16.3. The van der Waals surface area contributed by atoms with Crippen molar-refractivity contribution in [1.82, 2.24) is 4.98 Å². The summed E-state index contributed by atoms with van der Waals surface area (Å²) in [6.07, 6.45) is 9.82. The maximum atomic E-state index is 12.6. The first kappa shape index (κ1) is 17.7. The molecule has 1 heterocycles. The number of carbonyl (C=O) groups excluding carboxylic acids is 1. The molecule has 5 rings (SSSR count). The van der Waals surface area contributed by atoms with Crippen LogP contribution in [0.3, 0.4) is 0 Å². The molecule has 28 heavy (non-hydrogen) atoms. The van der Waals surface area contributed by atoms with Crippen LogP contribution < -0.4 is 0 Å². The van der Waals surface area contributed by atoms with Gasteiger partial charge in [0.15, 0.2) is 0 Å². The molecule has 1 aromatic carbocycles. The number of fused-ring (bicyclic) bond motifs is 5. The predicted molar refractivity (Wildman–Crippen MR) is 106 cm³/mol. The van der Waals surface area contributed by atoms with Gasteiger partial charge in [0.25, 0.3) is 0 Å². The van der Waals surface area contributed by atoms with Crippen molar-refractivity contribution in [3.05, 3.63) is 59.4 Å². The lowest BCUT2D eigenvalue weighted by molar-refractivity contribution is -0.0428. The SMILES string of the molecule is C[C@]12CC[C@@H]3c4ccc(O)cc4CC[C@H]3[C@@H]1CC[C@@H]2OC(=O)c1ccncc1. The van der Waals surface area contributed by atoms with E-state index < -0.39 is 0 Å². The summed E-state index contributed by atoms with van der Waals surface area (Å²) in [4.78, 5) is 16.6. The number of aromatic nitrogens is 1. The van der Waals surface area contributed by atoms with Crippen LogP contribution in [0.15, 0.2) is 42.7 Å². The monoisotopic (exact) mass is 377 g/mol.